The van der Waals surface area contributed by atoms with Crippen LogP contribution in [0.4, 0.5) is 27.6 Å². The van der Waals surface area contributed by atoms with Gasteiger partial charge in [0.1, 0.15) is 18.2 Å². The van der Waals surface area contributed by atoms with E-state index in [0.29, 0.717) is 6.34 Å². The molecule has 196 valence electrons. The number of hydrogen-bond donors (Lipinski definition) is 5. The van der Waals surface area contributed by atoms with Crippen molar-refractivity contribution in [2.45, 2.75) is 25.4 Å². The molecule has 1 unspecified atom stereocenters. The van der Waals surface area contributed by atoms with E-state index >= 15 is 0 Å². The SMILES string of the molecule is CCC(/C(=C/Nc1ccc(F)c(F)c1)N=N)c1[nH]c(/C(N)=N\C=N)c(-c2cnc(C(F)(F)F)nc2)c1C#N. The molecule has 0 fully saturated rings. The number of aliphatic imine (C=N–C) groups is 1. The van der Waals surface area contributed by atoms with Crippen molar-refractivity contribution in [2.75, 3.05) is 5.32 Å². The monoisotopic (exact) mass is 530 g/mol. The first-order valence-electron chi connectivity index (χ1n) is 10.7. The minimum Gasteiger partial charge on any atom is -0.382 e. The van der Waals surface area contributed by atoms with Crippen LogP contribution in [-0.4, -0.2) is 27.1 Å². The van der Waals surface area contributed by atoms with Gasteiger partial charge in [-0.25, -0.2) is 29.3 Å². The molecule has 1 atom stereocenters. The molecule has 3 rings (SSSR count). The van der Waals surface area contributed by atoms with E-state index in [4.69, 9.17) is 16.7 Å². The Kier molecular flexibility index (Phi) is 8.26. The summed E-state index contributed by atoms with van der Waals surface area (Å²) in [5, 5.41) is 23.5. The van der Waals surface area contributed by atoms with Crippen LogP contribution in [0, 0.1) is 33.9 Å². The van der Waals surface area contributed by atoms with Gasteiger partial charge in [-0.2, -0.15) is 23.5 Å². The van der Waals surface area contributed by atoms with Gasteiger partial charge in [0.2, 0.25) is 5.82 Å². The van der Waals surface area contributed by atoms with Gasteiger partial charge in [-0.15, -0.1) is 0 Å². The summed E-state index contributed by atoms with van der Waals surface area (Å²) in [6.45, 7) is 1.72. The minimum absolute atomic E-state index is 0.0123. The van der Waals surface area contributed by atoms with Gasteiger partial charge >= 0.3 is 6.18 Å². The molecule has 0 aliphatic rings. The molecule has 15 heteroatoms. The van der Waals surface area contributed by atoms with Crippen LogP contribution in [-0.2, 0) is 6.18 Å². The molecule has 6 N–H and O–H groups in total. The van der Waals surface area contributed by atoms with E-state index in [9.17, 15) is 27.2 Å². The van der Waals surface area contributed by atoms with E-state index in [-0.39, 0.29) is 51.7 Å². The number of rotatable bonds is 9. The number of nitrogens with one attached hydrogen (secondary N) is 4. The maximum absolute atomic E-state index is 13.6. The molecule has 2 aromatic heterocycles. The summed E-state index contributed by atoms with van der Waals surface area (Å²) in [7, 11) is 0. The number of nitrogens with zero attached hydrogens (tertiary/aromatic N) is 5. The van der Waals surface area contributed by atoms with Crippen molar-refractivity contribution in [1.29, 1.82) is 16.2 Å². The van der Waals surface area contributed by atoms with Crippen LogP contribution in [0.2, 0.25) is 0 Å². The van der Waals surface area contributed by atoms with E-state index in [1.54, 1.807) is 6.92 Å². The molecule has 0 saturated heterocycles. The smallest absolute Gasteiger partial charge is 0.382 e. The first-order chi connectivity index (χ1) is 18.0. The molecular formula is C23H19F5N10. The molecule has 38 heavy (non-hydrogen) atoms. The number of nitriles is 1. The molecule has 0 amide bonds. The van der Waals surface area contributed by atoms with Crippen LogP contribution in [0.3, 0.4) is 0 Å². The number of hydrogen-bond acceptors (Lipinski definition) is 7. The third-order valence-corrected chi connectivity index (χ3v) is 5.34. The number of amidine groups is 1. The van der Waals surface area contributed by atoms with Crippen molar-refractivity contribution < 1.29 is 22.0 Å². The lowest BCUT2D eigenvalue weighted by Gasteiger charge is -2.15. The third kappa shape index (κ3) is 5.69. The van der Waals surface area contributed by atoms with Gasteiger partial charge in [0.25, 0.3) is 0 Å². The molecule has 0 spiro atoms. The quantitative estimate of drug-likeness (QED) is 0.107. The highest BCUT2D eigenvalue weighted by Gasteiger charge is 2.35. The number of anilines is 1. The Morgan fingerprint density at radius 1 is 1.26 bits per heavy atom. The second kappa shape index (κ2) is 11.4. The zero-order chi connectivity index (χ0) is 28.0. The van der Waals surface area contributed by atoms with Crippen LogP contribution >= 0.6 is 0 Å². The molecule has 0 aliphatic heterocycles. The number of allylic oxidation sites excluding steroid dienone is 1. The number of aromatic nitrogens is 3. The molecule has 3 aromatic rings. The minimum atomic E-state index is -4.79. The van der Waals surface area contributed by atoms with E-state index in [1.165, 1.54) is 12.3 Å². The van der Waals surface area contributed by atoms with Gasteiger partial charge < -0.3 is 16.0 Å². The zero-order valence-electron chi connectivity index (χ0n) is 19.5. The summed E-state index contributed by atoms with van der Waals surface area (Å²) in [6, 6.07) is 5.07. The van der Waals surface area contributed by atoms with Crippen LogP contribution in [0.15, 0.2) is 52.6 Å². The Bertz CT molecular complexity index is 1450. The van der Waals surface area contributed by atoms with Gasteiger partial charge in [0.05, 0.1) is 17.0 Å². The van der Waals surface area contributed by atoms with Crippen molar-refractivity contribution in [1.82, 2.24) is 15.0 Å². The molecule has 1 aromatic carbocycles. The number of halogens is 5. The molecule has 0 saturated carbocycles. The second-order valence-electron chi connectivity index (χ2n) is 7.63. The maximum Gasteiger partial charge on any atom is 0.451 e. The van der Waals surface area contributed by atoms with E-state index < -0.39 is 29.6 Å². The fraction of sp³-hybridized carbons (Fsp3) is 0.174. The highest BCUT2D eigenvalue weighted by Crippen LogP contribution is 2.38. The summed E-state index contributed by atoms with van der Waals surface area (Å²) in [4.78, 5) is 13.3. The van der Waals surface area contributed by atoms with Crippen LogP contribution < -0.4 is 11.1 Å². The topological polar surface area (TPSA) is 176 Å². The number of nitrogens with two attached hydrogens (primary N) is 1. The normalized spacial score (nSPS) is 13.1. The van der Waals surface area contributed by atoms with Crippen LogP contribution in [0.1, 0.15) is 42.0 Å². The van der Waals surface area contributed by atoms with Gasteiger partial charge in [-0.1, -0.05) is 6.92 Å². The maximum atomic E-state index is 13.6. The lowest BCUT2D eigenvalue weighted by atomic mass is 9.93. The summed E-state index contributed by atoms with van der Waals surface area (Å²) in [5.74, 6) is -4.54. The van der Waals surface area contributed by atoms with Crippen molar-refractivity contribution in [2.24, 2.45) is 15.8 Å². The average Bonchev–Trinajstić information content (AvgIpc) is 3.27. The number of H-pyrrole nitrogens is 1. The Labute approximate surface area is 212 Å². The van der Waals surface area contributed by atoms with Crippen molar-refractivity contribution in [3.8, 4) is 17.2 Å². The lowest BCUT2D eigenvalue weighted by molar-refractivity contribution is -0.144. The molecule has 0 radical (unpaired) electrons. The van der Waals surface area contributed by atoms with Crippen LogP contribution in [0.25, 0.3) is 11.1 Å². The molecule has 10 nitrogen and oxygen atoms in total. The first-order valence-corrected chi connectivity index (χ1v) is 10.7. The summed E-state index contributed by atoms with van der Waals surface area (Å²) in [5.41, 5.74) is 14.1. The van der Waals surface area contributed by atoms with Crippen molar-refractivity contribution in [3.63, 3.8) is 0 Å². The van der Waals surface area contributed by atoms with Gasteiger partial charge in [-0.3, -0.25) is 5.41 Å². The van der Waals surface area contributed by atoms with Crippen molar-refractivity contribution in [3.05, 3.63) is 76.9 Å². The number of aromatic amines is 1. The van der Waals surface area contributed by atoms with E-state index in [2.05, 4.69) is 30.4 Å². The molecule has 0 aliphatic carbocycles. The molecule has 0 bridgehead atoms. The summed E-state index contributed by atoms with van der Waals surface area (Å²) in [6.07, 6.45) is -0.850. The van der Waals surface area contributed by atoms with Gasteiger partial charge in [0, 0.05) is 53.1 Å². The molecular weight excluding hydrogens is 511 g/mol. The Morgan fingerprint density at radius 3 is 2.47 bits per heavy atom. The molecule has 2 heterocycles. The fourth-order valence-corrected chi connectivity index (χ4v) is 3.63. The van der Waals surface area contributed by atoms with Crippen molar-refractivity contribution >= 4 is 17.9 Å². The highest BCUT2D eigenvalue weighted by molar-refractivity contribution is 6.06. The van der Waals surface area contributed by atoms with E-state index in [0.717, 1.165) is 24.5 Å². The average molecular weight is 530 g/mol. The zero-order valence-corrected chi connectivity index (χ0v) is 19.5. The first kappa shape index (κ1) is 27.6. The summed E-state index contributed by atoms with van der Waals surface area (Å²) >= 11 is 0. The van der Waals surface area contributed by atoms with Crippen LogP contribution in [0.5, 0.6) is 0 Å². The van der Waals surface area contributed by atoms with E-state index in [1.807, 2.05) is 6.07 Å². The van der Waals surface area contributed by atoms with Gasteiger partial charge in [0.15, 0.2) is 11.6 Å². The summed E-state index contributed by atoms with van der Waals surface area (Å²) < 4.78 is 65.7. The Morgan fingerprint density at radius 2 is 1.95 bits per heavy atom. The number of benzene rings is 1. The van der Waals surface area contributed by atoms with Gasteiger partial charge in [-0.05, 0) is 18.6 Å². The third-order valence-electron chi connectivity index (χ3n) is 5.34. The Hall–Kier alpha value is -5.00. The largest absolute Gasteiger partial charge is 0.451 e. The predicted molar refractivity (Wildman–Crippen MR) is 127 cm³/mol. The highest BCUT2D eigenvalue weighted by atomic mass is 19.4. The lowest BCUT2D eigenvalue weighted by Crippen LogP contribution is -2.16. The fourth-order valence-electron chi connectivity index (χ4n) is 3.63. The number of alkyl halides is 3. The standard InChI is InChI=1S/C23H19F5N10/c1-2-13(17(38-32)9-33-12-3-4-15(24)16(25)5-12)19-14(6-29)18(20(37-19)21(31)36-10-30)11-7-34-22(35-8-11)23(26,27)28/h3-5,7-10,13,32-33,37H,2H2,1H3,(H3,30,31,36)/b17-9-,38-32?. The Balaban J connectivity index is 2.16. The predicted octanol–water partition coefficient (Wildman–Crippen LogP) is 5.43. The second-order valence-corrected chi connectivity index (χ2v) is 7.63.